The summed E-state index contributed by atoms with van der Waals surface area (Å²) >= 11 is 0. The number of fused-ring (bicyclic) bond motifs is 2. The highest BCUT2D eigenvalue weighted by atomic mass is 19.1. The summed E-state index contributed by atoms with van der Waals surface area (Å²) in [5, 5.41) is 12.2. The number of hydrogen-bond acceptors (Lipinski definition) is 7. The summed E-state index contributed by atoms with van der Waals surface area (Å²) in [6.45, 7) is 2.59. The third-order valence-corrected chi connectivity index (χ3v) is 7.97. The number of imidazole rings is 1. The van der Waals surface area contributed by atoms with Gasteiger partial charge in [0.15, 0.2) is 0 Å². The molecule has 11 heteroatoms. The fourth-order valence-corrected chi connectivity index (χ4v) is 6.27. The second-order valence-corrected chi connectivity index (χ2v) is 11.1. The van der Waals surface area contributed by atoms with E-state index < -0.39 is 5.67 Å². The van der Waals surface area contributed by atoms with Gasteiger partial charge in [-0.2, -0.15) is 0 Å². The molecule has 3 aliphatic carbocycles. The van der Waals surface area contributed by atoms with Gasteiger partial charge in [-0.1, -0.05) is 11.3 Å². The van der Waals surface area contributed by atoms with Crippen molar-refractivity contribution in [3.8, 4) is 22.8 Å². The Morgan fingerprint density at radius 3 is 2.90 bits per heavy atom. The highest BCUT2D eigenvalue weighted by Crippen LogP contribution is 2.69. The number of ether oxygens (including phenoxy) is 1. The molecule has 5 aromatic rings. The van der Waals surface area contributed by atoms with Gasteiger partial charge in [-0.05, 0) is 48.4 Å². The van der Waals surface area contributed by atoms with E-state index in [9.17, 15) is 4.39 Å². The van der Waals surface area contributed by atoms with E-state index >= 15 is 0 Å². The Morgan fingerprint density at radius 1 is 1.08 bits per heavy atom. The van der Waals surface area contributed by atoms with Gasteiger partial charge in [-0.3, -0.25) is 14.5 Å². The number of alkyl halides is 1. The maximum Gasteiger partial charge on any atom is 0.225 e. The molecule has 3 saturated carbocycles. The summed E-state index contributed by atoms with van der Waals surface area (Å²) in [4.78, 5) is 13.5. The summed E-state index contributed by atoms with van der Waals surface area (Å²) in [6, 6.07) is 8.04. The summed E-state index contributed by atoms with van der Waals surface area (Å²) in [7, 11) is 0. The van der Waals surface area contributed by atoms with Gasteiger partial charge in [-0.25, -0.2) is 14.1 Å². The zero-order valence-corrected chi connectivity index (χ0v) is 21.2. The summed E-state index contributed by atoms with van der Waals surface area (Å²) in [5.74, 6) is 0.704. The molecule has 1 aliphatic heterocycles. The highest BCUT2D eigenvalue weighted by molar-refractivity contribution is 5.71. The normalized spacial score (nSPS) is 22.8. The minimum atomic E-state index is -0.840. The van der Waals surface area contributed by atoms with E-state index in [1.54, 1.807) is 23.3 Å². The molecule has 0 spiro atoms. The summed E-state index contributed by atoms with van der Waals surface area (Å²) < 4.78 is 25.3. The second kappa shape index (κ2) is 8.31. The average Bonchev–Trinajstić information content (AvgIpc) is 3.65. The van der Waals surface area contributed by atoms with Gasteiger partial charge in [0, 0.05) is 49.7 Å². The molecule has 0 radical (unpaired) electrons. The molecule has 6 heterocycles. The maximum absolute atomic E-state index is 13.7. The van der Waals surface area contributed by atoms with Gasteiger partial charge in [0.1, 0.15) is 29.3 Å². The number of nitrogens with zero attached hydrogens (tertiary/aromatic N) is 8. The van der Waals surface area contributed by atoms with Crippen molar-refractivity contribution in [1.82, 2.24) is 39.2 Å². The van der Waals surface area contributed by atoms with Crippen LogP contribution in [0.3, 0.4) is 0 Å². The van der Waals surface area contributed by atoms with Crippen molar-refractivity contribution in [3.05, 3.63) is 72.7 Å². The van der Waals surface area contributed by atoms with Gasteiger partial charge in [0.25, 0.3) is 0 Å². The minimum absolute atomic E-state index is 0.209. The number of nitrogens with one attached hydrogen (secondary N) is 1. The minimum Gasteiger partial charge on any atom is -0.471 e. The van der Waals surface area contributed by atoms with E-state index in [1.165, 1.54) is 5.56 Å². The third-order valence-electron chi connectivity index (χ3n) is 7.97. The molecule has 1 N–H and O–H groups in total. The number of aliphatic imine (C=N–C) groups is 1. The Bertz CT molecular complexity index is 1730. The van der Waals surface area contributed by atoms with Crippen molar-refractivity contribution < 1.29 is 9.13 Å². The van der Waals surface area contributed by atoms with E-state index in [-0.39, 0.29) is 5.41 Å². The zero-order chi connectivity index (χ0) is 26.0. The van der Waals surface area contributed by atoms with Crippen LogP contribution in [-0.2, 0) is 13.1 Å². The predicted molar refractivity (Wildman–Crippen MR) is 142 cm³/mol. The van der Waals surface area contributed by atoms with Gasteiger partial charge < -0.3 is 14.5 Å². The molecule has 0 saturated heterocycles. The van der Waals surface area contributed by atoms with Gasteiger partial charge in [0.05, 0.1) is 30.3 Å². The molecular formula is C28H26FN9O. The van der Waals surface area contributed by atoms with Crippen LogP contribution in [0.2, 0.25) is 0 Å². The predicted octanol–water partition coefficient (Wildman–Crippen LogP) is 3.90. The number of hydrogen-bond donors (Lipinski definition) is 1. The third kappa shape index (κ3) is 3.92. The Hall–Kier alpha value is -4.38. The lowest BCUT2D eigenvalue weighted by atomic mass is 9.42. The number of pyridine rings is 2. The second-order valence-electron chi connectivity index (χ2n) is 11.1. The van der Waals surface area contributed by atoms with E-state index in [1.807, 2.05) is 45.8 Å². The molecule has 0 amide bonds. The van der Waals surface area contributed by atoms with Crippen molar-refractivity contribution in [2.75, 3.05) is 13.2 Å². The van der Waals surface area contributed by atoms with Crippen molar-refractivity contribution in [1.29, 1.82) is 0 Å². The monoisotopic (exact) mass is 523 g/mol. The lowest BCUT2D eigenvalue weighted by molar-refractivity contribution is -0.209. The largest absolute Gasteiger partial charge is 0.471 e. The van der Waals surface area contributed by atoms with Gasteiger partial charge in [-0.15, -0.1) is 5.10 Å². The van der Waals surface area contributed by atoms with Crippen molar-refractivity contribution in [2.45, 2.75) is 38.0 Å². The molecule has 0 aromatic carbocycles. The van der Waals surface area contributed by atoms with Crippen molar-refractivity contribution >= 4 is 17.5 Å². The van der Waals surface area contributed by atoms with Crippen LogP contribution in [0.15, 0.2) is 66.4 Å². The zero-order valence-electron chi connectivity index (χ0n) is 21.2. The topological polar surface area (TPSA) is 99.5 Å². The lowest BCUT2D eigenvalue weighted by Gasteiger charge is -2.66. The van der Waals surface area contributed by atoms with Crippen LogP contribution >= 0.6 is 0 Å². The Labute approximate surface area is 223 Å². The molecule has 2 bridgehead atoms. The standard InChI is InChI=1S/C28H26FN9O/c29-28-15-27(16-28,17-28)18-31-8-19-1-2-25-33-21(12-36(25)11-19)13-37-14-24(34-35-37)20-7-22(10-30-9-20)38-5-3-23-26(38)39-6-4-32-23/h1-5,7,9-12,14,31H,6,8,13,15-18H2. The van der Waals surface area contributed by atoms with Crippen molar-refractivity contribution in [3.63, 3.8) is 0 Å². The van der Waals surface area contributed by atoms with Gasteiger partial charge >= 0.3 is 0 Å². The molecule has 9 rings (SSSR count). The van der Waals surface area contributed by atoms with E-state index in [0.717, 1.165) is 66.3 Å². The first kappa shape index (κ1) is 22.6. The Morgan fingerprint density at radius 2 is 2.00 bits per heavy atom. The molecule has 196 valence electrons. The molecule has 0 unspecified atom stereocenters. The van der Waals surface area contributed by atoms with Crippen LogP contribution in [0, 0.1) is 5.41 Å². The SMILES string of the molecule is FC12CC(CNCc3ccc4nc(Cn5cc(-c6cncc(-n7ccc8c7OCC=N8)c6)nn5)cn4c3)(C1)C2. The molecule has 3 fully saturated rings. The first-order valence-electron chi connectivity index (χ1n) is 13.1. The summed E-state index contributed by atoms with van der Waals surface area (Å²) in [6.07, 6.45) is 15.4. The highest BCUT2D eigenvalue weighted by Gasteiger charge is 2.68. The molecule has 5 aromatic heterocycles. The number of aromatic nitrogens is 7. The van der Waals surface area contributed by atoms with Crippen molar-refractivity contribution in [2.24, 2.45) is 10.4 Å². The molecule has 0 atom stereocenters. The van der Waals surface area contributed by atoms with Crippen LogP contribution < -0.4 is 10.1 Å². The van der Waals surface area contributed by atoms with Crippen LogP contribution in [-0.4, -0.2) is 59.0 Å². The fraction of sp³-hybridized carbons (Fsp3) is 0.321. The van der Waals surface area contributed by atoms with E-state index in [4.69, 9.17) is 9.72 Å². The quantitative estimate of drug-likeness (QED) is 0.331. The lowest BCUT2D eigenvalue weighted by Crippen LogP contribution is -2.67. The fourth-order valence-electron chi connectivity index (χ4n) is 6.27. The van der Waals surface area contributed by atoms with Crippen LogP contribution in [0.1, 0.15) is 30.5 Å². The summed E-state index contributed by atoms with van der Waals surface area (Å²) in [5.41, 5.74) is 5.55. The van der Waals surface area contributed by atoms with E-state index in [2.05, 4.69) is 37.9 Å². The Balaban J connectivity index is 0.955. The first-order valence-corrected chi connectivity index (χ1v) is 13.1. The molecule has 39 heavy (non-hydrogen) atoms. The van der Waals surface area contributed by atoms with Crippen LogP contribution in [0.5, 0.6) is 5.88 Å². The Kier molecular flexibility index (Phi) is 4.81. The molecular weight excluding hydrogens is 497 g/mol. The number of rotatable bonds is 8. The molecule has 10 nitrogen and oxygen atoms in total. The van der Waals surface area contributed by atoms with Crippen LogP contribution in [0.4, 0.5) is 10.1 Å². The maximum atomic E-state index is 13.7. The average molecular weight is 524 g/mol. The van der Waals surface area contributed by atoms with Gasteiger partial charge in [0.2, 0.25) is 5.88 Å². The smallest absolute Gasteiger partial charge is 0.225 e. The number of halogens is 1. The van der Waals surface area contributed by atoms with E-state index in [0.29, 0.717) is 19.0 Å². The van der Waals surface area contributed by atoms with Crippen LogP contribution in [0.25, 0.3) is 22.6 Å². The molecule has 4 aliphatic rings. The first-order chi connectivity index (χ1) is 19.0.